The van der Waals surface area contributed by atoms with E-state index in [0.717, 1.165) is 18.5 Å². The smallest absolute Gasteiger partial charge is 0.0787 e. The molecular weight excluding hydrogens is 186 g/mol. The van der Waals surface area contributed by atoms with Crippen molar-refractivity contribution < 1.29 is 5.11 Å². The fraction of sp³-hybridized carbons (Fsp3) is 0.538. The first-order valence-corrected chi connectivity index (χ1v) is 5.70. The molecule has 0 amide bonds. The van der Waals surface area contributed by atoms with Crippen LogP contribution < -0.4 is 5.73 Å². The molecular formula is C13H19NO. The Balaban J connectivity index is 2.27. The van der Waals surface area contributed by atoms with Crippen LogP contribution in [0.25, 0.3) is 0 Å². The first-order chi connectivity index (χ1) is 7.22. The third-order valence-electron chi connectivity index (χ3n) is 3.51. The SMILES string of the molecule is CCC(O)c1cccc(C2(CN)CC2)c1. The third kappa shape index (κ3) is 1.92. The number of aliphatic hydroxyl groups excluding tert-OH is 1. The molecule has 0 aliphatic heterocycles. The van der Waals surface area contributed by atoms with Crippen LogP contribution in [0.1, 0.15) is 43.4 Å². The van der Waals surface area contributed by atoms with Crippen molar-refractivity contribution in [1.29, 1.82) is 0 Å². The summed E-state index contributed by atoms with van der Waals surface area (Å²) in [6, 6.07) is 8.27. The Morgan fingerprint density at radius 3 is 2.73 bits per heavy atom. The fourth-order valence-electron chi connectivity index (χ4n) is 2.07. The minimum Gasteiger partial charge on any atom is -0.388 e. The molecule has 0 spiro atoms. The van der Waals surface area contributed by atoms with Crippen LogP contribution in [0.3, 0.4) is 0 Å². The largest absolute Gasteiger partial charge is 0.388 e. The normalized spacial score (nSPS) is 19.9. The van der Waals surface area contributed by atoms with Gasteiger partial charge in [0.2, 0.25) is 0 Å². The molecule has 0 radical (unpaired) electrons. The summed E-state index contributed by atoms with van der Waals surface area (Å²) in [6.45, 7) is 2.71. The maximum Gasteiger partial charge on any atom is 0.0787 e. The van der Waals surface area contributed by atoms with Gasteiger partial charge >= 0.3 is 0 Å². The molecule has 1 aliphatic carbocycles. The van der Waals surface area contributed by atoms with Crippen molar-refractivity contribution in [3.8, 4) is 0 Å². The van der Waals surface area contributed by atoms with Gasteiger partial charge in [-0.15, -0.1) is 0 Å². The number of benzene rings is 1. The van der Waals surface area contributed by atoms with Gasteiger partial charge in [-0.05, 0) is 30.4 Å². The number of hydrogen-bond donors (Lipinski definition) is 2. The van der Waals surface area contributed by atoms with Gasteiger partial charge in [-0.3, -0.25) is 0 Å². The summed E-state index contributed by atoms with van der Waals surface area (Å²) in [7, 11) is 0. The second-order valence-corrected chi connectivity index (χ2v) is 4.53. The average molecular weight is 205 g/mol. The zero-order valence-corrected chi connectivity index (χ0v) is 9.24. The number of aliphatic hydroxyl groups is 1. The van der Waals surface area contributed by atoms with Crippen LogP contribution in [0.15, 0.2) is 24.3 Å². The van der Waals surface area contributed by atoms with E-state index in [2.05, 4.69) is 12.1 Å². The first-order valence-electron chi connectivity index (χ1n) is 5.70. The first kappa shape index (κ1) is 10.7. The van der Waals surface area contributed by atoms with Crippen LogP contribution in [0.5, 0.6) is 0 Å². The highest BCUT2D eigenvalue weighted by Crippen LogP contribution is 2.47. The second kappa shape index (κ2) is 3.95. The third-order valence-corrected chi connectivity index (χ3v) is 3.51. The van der Waals surface area contributed by atoms with Crippen LogP contribution in [-0.4, -0.2) is 11.7 Å². The average Bonchev–Trinajstić information content (AvgIpc) is 3.09. The lowest BCUT2D eigenvalue weighted by Crippen LogP contribution is -2.19. The van der Waals surface area contributed by atoms with Crippen molar-refractivity contribution in [3.05, 3.63) is 35.4 Å². The van der Waals surface area contributed by atoms with E-state index in [4.69, 9.17) is 5.73 Å². The minimum atomic E-state index is -0.335. The highest BCUT2D eigenvalue weighted by atomic mass is 16.3. The van der Waals surface area contributed by atoms with Gasteiger partial charge < -0.3 is 10.8 Å². The highest BCUT2D eigenvalue weighted by Gasteiger charge is 2.42. The lowest BCUT2D eigenvalue weighted by molar-refractivity contribution is 0.173. The summed E-state index contributed by atoms with van der Waals surface area (Å²) >= 11 is 0. The molecule has 1 atom stereocenters. The summed E-state index contributed by atoms with van der Waals surface area (Å²) in [4.78, 5) is 0. The van der Waals surface area contributed by atoms with Crippen LogP contribution in [0, 0.1) is 0 Å². The van der Waals surface area contributed by atoms with Gasteiger partial charge in [0.05, 0.1) is 6.10 Å². The van der Waals surface area contributed by atoms with E-state index >= 15 is 0 Å². The molecule has 1 aromatic carbocycles. The molecule has 1 unspecified atom stereocenters. The molecule has 0 bridgehead atoms. The van der Waals surface area contributed by atoms with Gasteiger partial charge in [0.15, 0.2) is 0 Å². The number of nitrogens with two attached hydrogens (primary N) is 1. The Hall–Kier alpha value is -0.860. The topological polar surface area (TPSA) is 46.2 Å². The van der Waals surface area contributed by atoms with E-state index < -0.39 is 0 Å². The minimum absolute atomic E-state index is 0.226. The second-order valence-electron chi connectivity index (χ2n) is 4.53. The molecule has 2 rings (SSSR count). The molecule has 1 fully saturated rings. The summed E-state index contributed by atoms with van der Waals surface area (Å²) in [5.74, 6) is 0. The van der Waals surface area contributed by atoms with E-state index in [0.29, 0.717) is 0 Å². The molecule has 1 saturated carbocycles. The summed E-state index contributed by atoms with van der Waals surface area (Å²) < 4.78 is 0. The summed E-state index contributed by atoms with van der Waals surface area (Å²) in [5, 5.41) is 9.78. The molecule has 2 nitrogen and oxygen atoms in total. The predicted octanol–water partition coefficient (Wildman–Crippen LogP) is 2.12. The summed E-state index contributed by atoms with van der Waals surface area (Å²) in [6.07, 6.45) is 2.81. The van der Waals surface area contributed by atoms with Gasteiger partial charge in [-0.25, -0.2) is 0 Å². The van der Waals surface area contributed by atoms with E-state index in [-0.39, 0.29) is 11.5 Å². The van der Waals surface area contributed by atoms with Crippen molar-refractivity contribution in [2.24, 2.45) is 5.73 Å². The maximum absolute atomic E-state index is 9.78. The Labute approximate surface area is 91.1 Å². The molecule has 0 heterocycles. The molecule has 0 saturated heterocycles. The standard InChI is InChI=1S/C13H19NO/c1-2-12(15)10-4-3-5-11(8-10)13(9-14)6-7-13/h3-5,8,12,15H,2,6-7,9,14H2,1H3. The van der Waals surface area contributed by atoms with E-state index in [9.17, 15) is 5.11 Å². The maximum atomic E-state index is 9.78. The lowest BCUT2D eigenvalue weighted by Gasteiger charge is -2.15. The Bertz CT molecular complexity index is 344. The molecule has 2 heteroatoms. The monoisotopic (exact) mass is 205 g/mol. The van der Waals surface area contributed by atoms with Crippen molar-refractivity contribution >= 4 is 0 Å². The Kier molecular flexibility index (Phi) is 2.81. The van der Waals surface area contributed by atoms with Gasteiger partial charge in [0.1, 0.15) is 0 Å². The van der Waals surface area contributed by atoms with Gasteiger partial charge in [0, 0.05) is 12.0 Å². The zero-order valence-electron chi connectivity index (χ0n) is 9.24. The van der Waals surface area contributed by atoms with Crippen LogP contribution in [0.2, 0.25) is 0 Å². The lowest BCUT2D eigenvalue weighted by atomic mass is 9.93. The van der Waals surface area contributed by atoms with Crippen LogP contribution in [0.4, 0.5) is 0 Å². The molecule has 1 aromatic rings. The van der Waals surface area contributed by atoms with Gasteiger partial charge in [-0.1, -0.05) is 31.2 Å². The molecule has 15 heavy (non-hydrogen) atoms. The van der Waals surface area contributed by atoms with Gasteiger partial charge in [0.25, 0.3) is 0 Å². The van der Waals surface area contributed by atoms with Gasteiger partial charge in [-0.2, -0.15) is 0 Å². The molecule has 3 N–H and O–H groups in total. The fourth-order valence-corrected chi connectivity index (χ4v) is 2.07. The predicted molar refractivity (Wildman–Crippen MR) is 61.7 cm³/mol. The van der Waals surface area contributed by atoms with Crippen LogP contribution >= 0.6 is 0 Å². The Morgan fingerprint density at radius 1 is 1.47 bits per heavy atom. The van der Waals surface area contributed by atoms with Crippen LogP contribution in [-0.2, 0) is 5.41 Å². The molecule has 82 valence electrons. The Morgan fingerprint density at radius 2 is 2.20 bits per heavy atom. The van der Waals surface area contributed by atoms with Crippen molar-refractivity contribution in [3.63, 3.8) is 0 Å². The molecule has 1 aliphatic rings. The van der Waals surface area contributed by atoms with E-state index in [1.54, 1.807) is 0 Å². The quantitative estimate of drug-likeness (QED) is 0.791. The highest BCUT2D eigenvalue weighted by molar-refractivity contribution is 5.35. The van der Waals surface area contributed by atoms with E-state index in [1.807, 2.05) is 19.1 Å². The van der Waals surface area contributed by atoms with Crippen molar-refractivity contribution in [2.45, 2.75) is 37.7 Å². The van der Waals surface area contributed by atoms with Crippen molar-refractivity contribution in [2.75, 3.05) is 6.54 Å². The number of hydrogen-bond acceptors (Lipinski definition) is 2. The summed E-state index contributed by atoms with van der Waals surface area (Å²) in [5.41, 5.74) is 8.35. The number of rotatable bonds is 4. The van der Waals surface area contributed by atoms with E-state index in [1.165, 1.54) is 18.4 Å². The molecule has 0 aromatic heterocycles. The van der Waals surface area contributed by atoms with Crippen molar-refractivity contribution in [1.82, 2.24) is 0 Å². The zero-order chi connectivity index (χ0) is 10.9.